The minimum Gasteiger partial charge on any atom is -0.495 e. The molecule has 31 heavy (non-hydrogen) atoms. The lowest BCUT2D eigenvalue weighted by Gasteiger charge is -2.09. The first-order valence-corrected chi connectivity index (χ1v) is 9.96. The van der Waals surface area contributed by atoms with Crippen molar-refractivity contribution in [3.8, 4) is 11.5 Å². The van der Waals surface area contributed by atoms with Crippen molar-refractivity contribution in [2.45, 2.75) is 12.8 Å². The fourth-order valence-corrected chi connectivity index (χ4v) is 2.84. The maximum atomic E-state index is 12.0. The molecule has 0 aliphatic rings. The van der Waals surface area contributed by atoms with Crippen molar-refractivity contribution < 1.29 is 28.6 Å². The molecule has 0 spiro atoms. The van der Waals surface area contributed by atoms with Crippen molar-refractivity contribution in [2.24, 2.45) is 5.10 Å². The van der Waals surface area contributed by atoms with Gasteiger partial charge in [-0.3, -0.25) is 9.59 Å². The summed E-state index contributed by atoms with van der Waals surface area (Å²) in [6, 6.07) is 12.1. The minimum absolute atomic E-state index is 0.00280. The van der Waals surface area contributed by atoms with Crippen molar-refractivity contribution in [1.82, 2.24) is 5.43 Å². The van der Waals surface area contributed by atoms with Crippen LogP contribution in [0.25, 0.3) is 0 Å². The van der Waals surface area contributed by atoms with Gasteiger partial charge in [0.2, 0.25) is 11.8 Å². The Bertz CT molecular complexity index is 964. The molecular weight excluding hydrogens is 470 g/mol. The van der Waals surface area contributed by atoms with E-state index in [4.69, 9.17) is 9.47 Å². The Morgan fingerprint density at radius 1 is 1.03 bits per heavy atom. The molecule has 0 unspecified atom stereocenters. The summed E-state index contributed by atoms with van der Waals surface area (Å²) in [5.74, 6) is -0.194. The molecule has 0 bridgehead atoms. The Balaban J connectivity index is 1.78. The van der Waals surface area contributed by atoms with Gasteiger partial charge in [-0.05, 0) is 51.8 Å². The van der Waals surface area contributed by atoms with Crippen LogP contribution < -0.4 is 20.2 Å². The van der Waals surface area contributed by atoms with Crippen LogP contribution in [-0.2, 0) is 19.1 Å². The van der Waals surface area contributed by atoms with E-state index < -0.39 is 11.9 Å². The molecule has 10 heteroatoms. The van der Waals surface area contributed by atoms with E-state index in [2.05, 4.69) is 36.5 Å². The molecule has 164 valence electrons. The number of anilines is 1. The van der Waals surface area contributed by atoms with Gasteiger partial charge in [0.1, 0.15) is 11.5 Å². The lowest BCUT2D eigenvalue weighted by atomic mass is 10.2. The molecule has 2 rings (SSSR count). The molecule has 0 aliphatic heterocycles. The minimum atomic E-state index is -0.489. The summed E-state index contributed by atoms with van der Waals surface area (Å²) in [4.78, 5) is 35.1. The quantitative estimate of drug-likeness (QED) is 0.300. The number of carbonyl (C=O) groups excluding carboxylic acids is 3. The summed E-state index contributed by atoms with van der Waals surface area (Å²) in [5, 5.41) is 6.58. The van der Waals surface area contributed by atoms with E-state index >= 15 is 0 Å². The molecule has 0 fully saturated rings. The summed E-state index contributed by atoms with van der Waals surface area (Å²) in [6.07, 6.45) is 1.42. The fourth-order valence-electron chi connectivity index (χ4n) is 2.33. The van der Waals surface area contributed by atoms with E-state index in [0.29, 0.717) is 27.2 Å². The average Bonchev–Trinajstić information content (AvgIpc) is 2.77. The van der Waals surface area contributed by atoms with E-state index in [1.807, 2.05) is 0 Å². The third kappa shape index (κ3) is 8.09. The first kappa shape index (κ1) is 23.9. The van der Waals surface area contributed by atoms with Gasteiger partial charge in [0.25, 0.3) is 0 Å². The second-order valence-electron chi connectivity index (χ2n) is 6.10. The van der Waals surface area contributed by atoms with Crippen molar-refractivity contribution in [1.29, 1.82) is 0 Å². The highest BCUT2D eigenvalue weighted by molar-refractivity contribution is 9.10. The standard InChI is InChI=1S/C21H22BrN3O6/c1-29-18-6-4-3-5-16(18)24-19(26)9-10-20(27)25-23-12-14-7-8-17(15(22)11-14)31-13-21(28)30-2/h3-8,11-12H,9-10,13H2,1-2H3,(H,24,26)(H,25,27). The number of nitrogens with one attached hydrogen (secondary N) is 2. The number of para-hydroxylation sites is 2. The Hall–Kier alpha value is -3.40. The van der Waals surface area contributed by atoms with Gasteiger partial charge in [-0.15, -0.1) is 0 Å². The SMILES string of the molecule is COC(=O)COc1ccc(C=NNC(=O)CCC(=O)Nc2ccccc2OC)cc1Br. The number of rotatable bonds is 10. The third-order valence-corrected chi connectivity index (χ3v) is 4.51. The molecule has 2 N–H and O–H groups in total. The van der Waals surface area contributed by atoms with Gasteiger partial charge >= 0.3 is 5.97 Å². The maximum absolute atomic E-state index is 12.0. The molecule has 0 saturated carbocycles. The van der Waals surface area contributed by atoms with Gasteiger partial charge < -0.3 is 19.5 Å². The highest BCUT2D eigenvalue weighted by Crippen LogP contribution is 2.25. The summed E-state index contributed by atoms with van der Waals surface area (Å²) >= 11 is 3.34. The van der Waals surface area contributed by atoms with Crippen LogP contribution in [0.3, 0.4) is 0 Å². The number of halogens is 1. The van der Waals surface area contributed by atoms with E-state index in [9.17, 15) is 14.4 Å². The van der Waals surface area contributed by atoms with Crippen LogP contribution in [0.2, 0.25) is 0 Å². The average molecular weight is 492 g/mol. The van der Waals surface area contributed by atoms with Gasteiger partial charge in [0.15, 0.2) is 6.61 Å². The molecule has 9 nitrogen and oxygen atoms in total. The fraction of sp³-hybridized carbons (Fsp3) is 0.238. The smallest absolute Gasteiger partial charge is 0.343 e. The van der Waals surface area contributed by atoms with Gasteiger partial charge in [0.05, 0.1) is 30.6 Å². The molecule has 0 heterocycles. The van der Waals surface area contributed by atoms with Gasteiger partial charge in [0, 0.05) is 12.8 Å². The number of methoxy groups -OCH3 is 2. The predicted molar refractivity (Wildman–Crippen MR) is 118 cm³/mol. The number of nitrogens with zero attached hydrogens (tertiary/aromatic N) is 1. The van der Waals surface area contributed by atoms with Crippen LogP contribution in [0.5, 0.6) is 11.5 Å². The van der Waals surface area contributed by atoms with Crippen molar-refractivity contribution in [3.63, 3.8) is 0 Å². The Labute approximate surface area is 187 Å². The first-order chi connectivity index (χ1) is 14.9. The predicted octanol–water partition coefficient (Wildman–Crippen LogP) is 2.88. The van der Waals surface area contributed by atoms with Gasteiger partial charge in [-0.1, -0.05) is 12.1 Å². The zero-order valence-corrected chi connectivity index (χ0v) is 18.6. The zero-order valence-electron chi connectivity index (χ0n) is 17.0. The van der Waals surface area contributed by atoms with Crippen molar-refractivity contribution >= 4 is 45.6 Å². The van der Waals surface area contributed by atoms with Crippen LogP contribution in [0.15, 0.2) is 52.0 Å². The normalized spacial score (nSPS) is 10.4. The number of hydrazone groups is 1. The number of hydrogen-bond donors (Lipinski definition) is 2. The number of amides is 2. The summed E-state index contributed by atoms with van der Waals surface area (Å²) < 4.78 is 15.6. The van der Waals surface area contributed by atoms with Crippen LogP contribution in [0.4, 0.5) is 5.69 Å². The lowest BCUT2D eigenvalue weighted by Crippen LogP contribution is -2.20. The molecular formula is C21H22BrN3O6. The second-order valence-corrected chi connectivity index (χ2v) is 6.95. The van der Waals surface area contributed by atoms with E-state index in [-0.39, 0.29) is 25.4 Å². The molecule has 0 radical (unpaired) electrons. The number of benzene rings is 2. The molecule has 0 aliphatic carbocycles. The van der Waals surface area contributed by atoms with Crippen molar-refractivity contribution in [2.75, 3.05) is 26.1 Å². The summed E-state index contributed by atoms with van der Waals surface area (Å²) in [5.41, 5.74) is 3.60. The first-order valence-electron chi connectivity index (χ1n) is 9.17. The summed E-state index contributed by atoms with van der Waals surface area (Å²) in [6.45, 7) is -0.205. The Kier molecular flexibility index (Phi) is 9.50. The number of esters is 1. The van der Waals surface area contributed by atoms with E-state index in [1.54, 1.807) is 42.5 Å². The third-order valence-electron chi connectivity index (χ3n) is 3.89. The topological polar surface area (TPSA) is 115 Å². The zero-order chi connectivity index (χ0) is 22.6. The number of hydrogen-bond acceptors (Lipinski definition) is 7. The largest absolute Gasteiger partial charge is 0.495 e. The maximum Gasteiger partial charge on any atom is 0.343 e. The van der Waals surface area contributed by atoms with Crippen molar-refractivity contribution in [3.05, 3.63) is 52.5 Å². The van der Waals surface area contributed by atoms with Crippen LogP contribution in [0, 0.1) is 0 Å². The molecule has 2 aromatic carbocycles. The monoisotopic (exact) mass is 491 g/mol. The van der Waals surface area contributed by atoms with E-state index in [0.717, 1.165) is 0 Å². The van der Waals surface area contributed by atoms with Crippen LogP contribution >= 0.6 is 15.9 Å². The van der Waals surface area contributed by atoms with Crippen LogP contribution in [0.1, 0.15) is 18.4 Å². The number of ether oxygens (including phenoxy) is 3. The van der Waals surface area contributed by atoms with Crippen LogP contribution in [-0.4, -0.2) is 44.8 Å². The van der Waals surface area contributed by atoms with Gasteiger partial charge in [-0.25, -0.2) is 10.2 Å². The van der Waals surface area contributed by atoms with Gasteiger partial charge in [-0.2, -0.15) is 5.10 Å². The Morgan fingerprint density at radius 3 is 2.48 bits per heavy atom. The second kappa shape index (κ2) is 12.3. The van der Waals surface area contributed by atoms with E-state index in [1.165, 1.54) is 20.4 Å². The number of carbonyl (C=O) groups is 3. The highest BCUT2D eigenvalue weighted by atomic mass is 79.9. The molecule has 0 aromatic heterocycles. The lowest BCUT2D eigenvalue weighted by molar-refractivity contribution is -0.142. The molecule has 2 amide bonds. The molecule has 0 saturated heterocycles. The highest BCUT2D eigenvalue weighted by Gasteiger charge is 2.10. The molecule has 2 aromatic rings. The summed E-state index contributed by atoms with van der Waals surface area (Å²) in [7, 11) is 2.79. The molecule has 0 atom stereocenters. The Morgan fingerprint density at radius 2 is 1.77 bits per heavy atom.